The van der Waals surface area contributed by atoms with Gasteiger partial charge in [0.15, 0.2) is 17.9 Å². The van der Waals surface area contributed by atoms with E-state index < -0.39 is 30.3 Å². The van der Waals surface area contributed by atoms with Crippen LogP contribution in [-0.2, 0) is 20.7 Å². The molecule has 0 aromatic carbocycles. The third-order valence-corrected chi connectivity index (χ3v) is 3.18. The normalized spacial score (nSPS) is 11.9. The maximum atomic E-state index is 12.2. The van der Waals surface area contributed by atoms with Gasteiger partial charge in [-0.25, -0.2) is 14.6 Å². The Bertz CT molecular complexity index is 932. The first kappa shape index (κ1) is 19.7. The lowest BCUT2D eigenvalue weighted by molar-refractivity contribution is -0.144. The number of hydrogen-bond acceptors (Lipinski definition) is 8. The first-order chi connectivity index (χ1) is 12.7. The van der Waals surface area contributed by atoms with E-state index in [0.29, 0.717) is 11.3 Å². The Morgan fingerprint density at radius 2 is 2.07 bits per heavy atom. The molecule has 1 N–H and O–H groups in total. The molecule has 140 valence electrons. The maximum absolute atomic E-state index is 12.2. The smallest absolute Gasteiger partial charge is 0.408 e. The number of fused-ring (bicyclic) bond motifs is 1. The van der Waals surface area contributed by atoms with Crippen molar-refractivity contribution < 1.29 is 19.1 Å². The Kier molecular flexibility index (Phi) is 5.93. The van der Waals surface area contributed by atoms with E-state index in [-0.39, 0.29) is 12.1 Å². The molecule has 0 saturated heterocycles. The second kappa shape index (κ2) is 8.15. The van der Waals surface area contributed by atoms with E-state index in [2.05, 4.69) is 15.3 Å². The summed E-state index contributed by atoms with van der Waals surface area (Å²) in [7, 11) is 0. The van der Waals surface area contributed by atoms with Gasteiger partial charge in [0, 0.05) is 18.8 Å². The fraction of sp³-hybridized carbons (Fsp3) is 0.412. The molecule has 0 bridgehead atoms. The Labute approximate surface area is 155 Å². The molecule has 2 heterocycles. The van der Waals surface area contributed by atoms with E-state index in [1.54, 1.807) is 37.4 Å². The van der Waals surface area contributed by atoms with Gasteiger partial charge in [-0.05, 0) is 20.8 Å². The van der Waals surface area contributed by atoms with Crippen molar-refractivity contribution in [2.45, 2.75) is 38.8 Å². The summed E-state index contributed by atoms with van der Waals surface area (Å²) in [4.78, 5) is 32.4. The fourth-order valence-electron chi connectivity index (χ4n) is 2.16. The van der Waals surface area contributed by atoms with Crippen molar-refractivity contribution in [3.63, 3.8) is 0 Å². The summed E-state index contributed by atoms with van der Waals surface area (Å²) in [6.45, 7) is 4.63. The third-order valence-electron chi connectivity index (χ3n) is 3.18. The van der Waals surface area contributed by atoms with Gasteiger partial charge in [-0.15, -0.1) is 0 Å². The number of alkyl carbamates (subject to hydrolysis) is 1. The molecule has 0 fully saturated rings. The number of nitrogens with zero attached hydrogens (tertiary/aromatic N) is 5. The minimum absolute atomic E-state index is 0.000484. The third kappa shape index (κ3) is 5.68. The van der Waals surface area contributed by atoms with Crippen molar-refractivity contribution >= 4 is 17.7 Å². The van der Waals surface area contributed by atoms with E-state index in [9.17, 15) is 9.59 Å². The molecule has 1 amide bonds. The molecular formula is C17H18N6O4. The van der Waals surface area contributed by atoms with Crippen LogP contribution in [0.25, 0.3) is 5.65 Å². The van der Waals surface area contributed by atoms with Crippen LogP contribution in [0.4, 0.5) is 4.79 Å². The quantitative estimate of drug-likeness (QED) is 0.771. The highest BCUT2D eigenvalue weighted by Crippen LogP contribution is 2.10. The van der Waals surface area contributed by atoms with Gasteiger partial charge >= 0.3 is 12.1 Å². The molecule has 2 aromatic heterocycles. The van der Waals surface area contributed by atoms with Gasteiger partial charge in [0.25, 0.3) is 0 Å². The number of esters is 1. The Balaban J connectivity index is 2.19. The van der Waals surface area contributed by atoms with Crippen molar-refractivity contribution in [1.29, 1.82) is 10.5 Å². The molecule has 1 atom stereocenters. The number of hydrogen-bond donors (Lipinski definition) is 1. The topological polar surface area (TPSA) is 142 Å². The number of carbonyl (C=O) groups is 2. The van der Waals surface area contributed by atoms with Crippen molar-refractivity contribution in [2.75, 3.05) is 6.61 Å². The van der Waals surface area contributed by atoms with E-state index in [1.807, 2.05) is 6.07 Å². The summed E-state index contributed by atoms with van der Waals surface area (Å²) in [6, 6.07) is 2.52. The summed E-state index contributed by atoms with van der Waals surface area (Å²) >= 11 is 0. The number of nitriles is 2. The van der Waals surface area contributed by atoms with Crippen molar-refractivity contribution in [3.8, 4) is 12.1 Å². The Morgan fingerprint density at radius 1 is 1.33 bits per heavy atom. The van der Waals surface area contributed by atoms with Crippen molar-refractivity contribution in [1.82, 2.24) is 19.7 Å². The zero-order valence-electron chi connectivity index (χ0n) is 15.1. The Hall–Kier alpha value is -3.66. The van der Waals surface area contributed by atoms with Crippen LogP contribution in [0.1, 0.15) is 32.2 Å². The summed E-state index contributed by atoms with van der Waals surface area (Å²) in [5.41, 5.74) is 0.400. The monoisotopic (exact) mass is 370 g/mol. The molecular weight excluding hydrogens is 352 g/mol. The van der Waals surface area contributed by atoms with Gasteiger partial charge < -0.3 is 19.2 Å². The van der Waals surface area contributed by atoms with Crippen LogP contribution in [0.15, 0.2) is 18.6 Å². The fourth-order valence-corrected chi connectivity index (χ4v) is 2.16. The average molecular weight is 370 g/mol. The van der Waals surface area contributed by atoms with Crippen molar-refractivity contribution in [2.24, 2.45) is 0 Å². The van der Waals surface area contributed by atoms with Gasteiger partial charge in [0.2, 0.25) is 0 Å². The number of carbonyl (C=O) groups excluding carboxylic acids is 2. The molecule has 0 spiro atoms. The van der Waals surface area contributed by atoms with Gasteiger partial charge in [-0.1, -0.05) is 0 Å². The minimum Gasteiger partial charge on any atom is -0.449 e. The molecule has 0 aliphatic carbocycles. The largest absolute Gasteiger partial charge is 0.449 e. The first-order valence-corrected chi connectivity index (χ1v) is 7.98. The van der Waals surface area contributed by atoms with Crippen LogP contribution in [0.3, 0.4) is 0 Å². The predicted molar refractivity (Wildman–Crippen MR) is 91.1 cm³/mol. The highest BCUT2D eigenvalue weighted by molar-refractivity contribution is 5.81. The molecule has 0 radical (unpaired) electrons. The zero-order chi connectivity index (χ0) is 20.0. The predicted octanol–water partition coefficient (Wildman–Crippen LogP) is 1.10. The van der Waals surface area contributed by atoms with Crippen LogP contribution in [0.2, 0.25) is 0 Å². The van der Waals surface area contributed by atoms with Crippen LogP contribution < -0.4 is 5.32 Å². The van der Waals surface area contributed by atoms with E-state index in [4.69, 9.17) is 20.0 Å². The van der Waals surface area contributed by atoms with Gasteiger partial charge in [-0.3, -0.25) is 4.98 Å². The lowest BCUT2D eigenvalue weighted by Gasteiger charge is -2.22. The average Bonchev–Trinajstić information content (AvgIpc) is 2.99. The standard InChI is InChI=1S/C17H18N6O4/c1-17(2,3)27-16(25)22-13(15(24)26-5-4-18)6-11-9-23-10-12(7-19)21-14(23)8-20-11/h8-10,13H,5-6H2,1-3H3,(H,22,25)/t13-/m0/s1. The second-order valence-electron chi connectivity index (χ2n) is 6.55. The molecule has 2 rings (SSSR count). The van der Waals surface area contributed by atoms with Gasteiger partial charge in [-0.2, -0.15) is 10.5 Å². The molecule has 0 aliphatic heterocycles. The number of aromatic nitrogens is 3. The zero-order valence-corrected chi connectivity index (χ0v) is 15.1. The number of ether oxygens (including phenoxy) is 2. The highest BCUT2D eigenvalue weighted by atomic mass is 16.6. The van der Waals surface area contributed by atoms with Crippen LogP contribution >= 0.6 is 0 Å². The lowest BCUT2D eigenvalue weighted by Crippen LogP contribution is -2.45. The minimum atomic E-state index is -1.10. The highest BCUT2D eigenvalue weighted by Gasteiger charge is 2.26. The number of amides is 1. The summed E-state index contributed by atoms with van der Waals surface area (Å²) in [5.74, 6) is -0.785. The van der Waals surface area contributed by atoms with Crippen LogP contribution in [0, 0.1) is 22.7 Å². The Morgan fingerprint density at radius 3 is 2.70 bits per heavy atom. The SMILES string of the molecule is CC(C)(C)OC(=O)N[C@@H](Cc1cn2cc(C#N)nc2cn1)C(=O)OCC#N. The molecule has 10 heteroatoms. The second-order valence-corrected chi connectivity index (χ2v) is 6.55. The lowest BCUT2D eigenvalue weighted by atomic mass is 10.1. The molecule has 27 heavy (non-hydrogen) atoms. The first-order valence-electron chi connectivity index (χ1n) is 7.98. The number of nitrogens with one attached hydrogen (secondary N) is 1. The van der Waals surface area contributed by atoms with Crippen molar-refractivity contribution in [3.05, 3.63) is 30.0 Å². The number of imidazole rings is 1. The number of rotatable bonds is 5. The van der Waals surface area contributed by atoms with E-state index in [1.165, 1.54) is 12.4 Å². The molecule has 0 saturated carbocycles. The van der Waals surface area contributed by atoms with E-state index >= 15 is 0 Å². The van der Waals surface area contributed by atoms with Crippen LogP contribution in [0.5, 0.6) is 0 Å². The summed E-state index contributed by atoms with van der Waals surface area (Å²) < 4.78 is 11.5. The molecule has 0 aliphatic rings. The van der Waals surface area contributed by atoms with Gasteiger partial charge in [0.05, 0.1) is 11.9 Å². The maximum Gasteiger partial charge on any atom is 0.408 e. The summed E-state index contributed by atoms with van der Waals surface area (Å²) in [5, 5.41) is 19.9. The molecule has 10 nitrogen and oxygen atoms in total. The van der Waals surface area contributed by atoms with E-state index in [0.717, 1.165) is 0 Å². The summed E-state index contributed by atoms with van der Waals surface area (Å²) in [6.07, 6.45) is 3.76. The molecule has 0 unspecified atom stereocenters. The molecule has 2 aromatic rings. The van der Waals surface area contributed by atoms with Gasteiger partial charge in [0.1, 0.15) is 23.8 Å². The van der Waals surface area contributed by atoms with Crippen LogP contribution in [-0.4, -0.2) is 44.7 Å².